The van der Waals surface area contributed by atoms with Gasteiger partial charge in [0.25, 0.3) is 0 Å². The summed E-state index contributed by atoms with van der Waals surface area (Å²) >= 11 is 0. The molecule has 0 heterocycles. The molecule has 0 aromatic rings. The summed E-state index contributed by atoms with van der Waals surface area (Å²) in [6.07, 6.45) is 16.8. The molecule has 1 unspecified atom stereocenters. The molecule has 1 atom stereocenters. The van der Waals surface area contributed by atoms with Crippen LogP contribution in [0.4, 0.5) is 0 Å². The summed E-state index contributed by atoms with van der Waals surface area (Å²) in [5.74, 6) is 0.0785. The van der Waals surface area contributed by atoms with Crippen LogP contribution in [0.5, 0.6) is 0 Å². The Morgan fingerprint density at radius 1 is 1.00 bits per heavy atom. The number of carbonyl (C=O) groups excluding carboxylic acids is 1. The molecule has 0 spiro atoms. The molecule has 0 rings (SSSR count). The number of aliphatic hydroxyl groups is 1. The van der Waals surface area contributed by atoms with Crippen LogP contribution in [0.2, 0.25) is 0 Å². The molecule has 0 saturated heterocycles. The Balaban J connectivity index is 3.32. The molecule has 0 fully saturated rings. The lowest BCUT2D eigenvalue weighted by Crippen LogP contribution is -2.36. The second kappa shape index (κ2) is 15.6. The van der Waals surface area contributed by atoms with Crippen molar-refractivity contribution >= 4 is 5.91 Å². The molecule has 0 aliphatic heterocycles. The second-order valence-electron chi connectivity index (χ2n) is 5.78. The number of carbonyl (C=O) groups is 1. The second-order valence-corrected chi connectivity index (χ2v) is 5.78. The number of unbranched alkanes of at least 4 members (excludes halogenated alkanes) is 7. The summed E-state index contributed by atoms with van der Waals surface area (Å²) in [7, 11) is 0. The van der Waals surface area contributed by atoms with Crippen molar-refractivity contribution in [1.82, 2.24) is 5.32 Å². The van der Waals surface area contributed by atoms with Crippen molar-refractivity contribution in [2.75, 3.05) is 6.61 Å². The Bertz CT molecular complexity index is 260. The average molecular weight is 297 g/mol. The highest BCUT2D eigenvalue weighted by atomic mass is 16.3. The van der Waals surface area contributed by atoms with Gasteiger partial charge in [0.2, 0.25) is 5.91 Å². The Labute approximate surface area is 131 Å². The Morgan fingerprint density at radius 2 is 1.62 bits per heavy atom. The summed E-state index contributed by atoms with van der Waals surface area (Å²) in [5, 5.41) is 11.9. The first-order valence-electron chi connectivity index (χ1n) is 8.79. The highest BCUT2D eigenvalue weighted by Crippen LogP contribution is 2.08. The summed E-state index contributed by atoms with van der Waals surface area (Å²) in [4.78, 5) is 11.6. The molecular formula is C18H35NO2. The van der Waals surface area contributed by atoms with Crippen LogP contribution in [-0.4, -0.2) is 23.7 Å². The zero-order chi connectivity index (χ0) is 15.8. The molecule has 2 N–H and O–H groups in total. The number of allylic oxidation sites excluding steroid dienone is 2. The zero-order valence-electron chi connectivity index (χ0n) is 14.1. The molecule has 1 amide bonds. The molecule has 124 valence electrons. The summed E-state index contributed by atoms with van der Waals surface area (Å²) in [5.41, 5.74) is 0. The molecule has 0 aliphatic carbocycles. The van der Waals surface area contributed by atoms with Gasteiger partial charge in [-0.15, -0.1) is 0 Å². The van der Waals surface area contributed by atoms with Gasteiger partial charge in [0.15, 0.2) is 0 Å². The largest absolute Gasteiger partial charge is 0.394 e. The summed E-state index contributed by atoms with van der Waals surface area (Å²) < 4.78 is 0. The molecule has 0 aliphatic rings. The fraction of sp³-hybridized carbons (Fsp3) is 0.833. The monoisotopic (exact) mass is 297 g/mol. The lowest BCUT2D eigenvalue weighted by molar-refractivity contribution is -0.122. The Morgan fingerprint density at radius 3 is 2.24 bits per heavy atom. The molecule has 0 aromatic carbocycles. The zero-order valence-corrected chi connectivity index (χ0v) is 14.1. The molecule has 0 aromatic heterocycles. The maximum Gasteiger partial charge on any atom is 0.220 e. The van der Waals surface area contributed by atoms with Gasteiger partial charge in [-0.25, -0.2) is 0 Å². The first kappa shape index (κ1) is 20.2. The van der Waals surface area contributed by atoms with Gasteiger partial charge in [0, 0.05) is 6.42 Å². The SMILES string of the molecule is CCCCC=CCCCCCCCC(=O)NC(CC)CO. The van der Waals surface area contributed by atoms with Crippen LogP contribution >= 0.6 is 0 Å². The third-order valence-corrected chi connectivity index (χ3v) is 3.74. The van der Waals surface area contributed by atoms with Crippen molar-refractivity contribution in [3.8, 4) is 0 Å². The fourth-order valence-corrected chi connectivity index (χ4v) is 2.21. The number of hydrogen-bond donors (Lipinski definition) is 2. The van der Waals surface area contributed by atoms with Crippen LogP contribution in [0.1, 0.15) is 84.5 Å². The number of rotatable bonds is 14. The standard InChI is InChI=1S/C18H35NO2/c1-3-5-6-7-8-9-10-11-12-13-14-15-18(21)19-17(4-2)16-20/h7-8,17,20H,3-6,9-16H2,1-2H3,(H,19,21). The number of aliphatic hydroxyl groups excluding tert-OH is 1. The maximum absolute atomic E-state index is 11.6. The predicted octanol–water partition coefficient (Wildman–Crippen LogP) is 4.35. The highest BCUT2D eigenvalue weighted by molar-refractivity contribution is 5.76. The van der Waals surface area contributed by atoms with Crippen LogP contribution in [0, 0.1) is 0 Å². The minimum absolute atomic E-state index is 0.0357. The average Bonchev–Trinajstić information content (AvgIpc) is 2.50. The van der Waals surface area contributed by atoms with E-state index in [4.69, 9.17) is 5.11 Å². The van der Waals surface area contributed by atoms with E-state index in [-0.39, 0.29) is 18.6 Å². The predicted molar refractivity (Wildman–Crippen MR) is 90.3 cm³/mol. The lowest BCUT2D eigenvalue weighted by Gasteiger charge is -2.13. The normalized spacial score (nSPS) is 12.7. The topological polar surface area (TPSA) is 49.3 Å². The smallest absolute Gasteiger partial charge is 0.220 e. The van der Waals surface area contributed by atoms with E-state index in [1.165, 1.54) is 44.9 Å². The van der Waals surface area contributed by atoms with Crippen molar-refractivity contribution in [1.29, 1.82) is 0 Å². The van der Waals surface area contributed by atoms with E-state index in [0.29, 0.717) is 6.42 Å². The Hall–Kier alpha value is -0.830. The van der Waals surface area contributed by atoms with Crippen LogP contribution in [0.3, 0.4) is 0 Å². The van der Waals surface area contributed by atoms with Crippen LogP contribution in [-0.2, 0) is 4.79 Å². The van der Waals surface area contributed by atoms with E-state index in [2.05, 4.69) is 24.4 Å². The Kier molecular flexibility index (Phi) is 14.9. The third kappa shape index (κ3) is 13.9. The van der Waals surface area contributed by atoms with E-state index in [1.54, 1.807) is 0 Å². The molecule has 21 heavy (non-hydrogen) atoms. The van der Waals surface area contributed by atoms with Crippen molar-refractivity contribution in [2.24, 2.45) is 0 Å². The summed E-state index contributed by atoms with van der Waals surface area (Å²) in [6, 6.07) is -0.0722. The molecule has 0 bridgehead atoms. The van der Waals surface area contributed by atoms with Crippen molar-refractivity contribution in [2.45, 2.75) is 90.5 Å². The number of nitrogens with one attached hydrogen (secondary N) is 1. The third-order valence-electron chi connectivity index (χ3n) is 3.74. The molecule has 0 radical (unpaired) electrons. The molecular weight excluding hydrogens is 262 g/mol. The highest BCUT2D eigenvalue weighted by Gasteiger charge is 2.08. The van der Waals surface area contributed by atoms with E-state index >= 15 is 0 Å². The minimum atomic E-state index is -0.0722. The van der Waals surface area contributed by atoms with E-state index in [1.807, 2.05) is 6.92 Å². The van der Waals surface area contributed by atoms with Gasteiger partial charge in [-0.3, -0.25) is 4.79 Å². The lowest BCUT2D eigenvalue weighted by atomic mass is 10.1. The van der Waals surface area contributed by atoms with E-state index < -0.39 is 0 Å². The van der Waals surface area contributed by atoms with E-state index in [0.717, 1.165) is 19.3 Å². The van der Waals surface area contributed by atoms with Gasteiger partial charge in [-0.05, 0) is 32.1 Å². The van der Waals surface area contributed by atoms with Crippen molar-refractivity contribution in [3.63, 3.8) is 0 Å². The van der Waals surface area contributed by atoms with E-state index in [9.17, 15) is 4.79 Å². The quantitative estimate of drug-likeness (QED) is 0.370. The first-order chi connectivity index (χ1) is 10.2. The maximum atomic E-state index is 11.6. The van der Waals surface area contributed by atoms with Gasteiger partial charge in [0.1, 0.15) is 0 Å². The van der Waals surface area contributed by atoms with Gasteiger partial charge in [-0.2, -0.15) is 0 Å². The first-order valence-corrected chi connectivity index (χ1v) is 8.79. The van der Waals surface area contributed by atoms with Crippen LogP contribution in [0.15, 0.2) is 12.2 Å². The molecule has 0 saturated carbocycles. The minimum Gasteiger partial charge on any atom is -0.394 e. The molecule has 3 heteroatoms. The van der Waals surface area contributed by atoms with Gasteiger partial charge < -0.3 is 10.4 Å². The van der Waals surface area contributed by atoms with Gasteiger partial charge in [-0.1, -0.05) is 58.1 Å². The van der Waals surface area contributed by atoms with Crippen LogP contribution in [0.25, 0.3) is 0 Å². The van der Waals surface area contributed by atoms with Gasteiger partial charge in [0.05, 0.1) is 12.6 Å². The fourth-order valence-electron chi connectivity index (χ4n) is 2.21. The molecule has 3 nitrogen and oxygen atoms in total. The number of amides is 1. The van der Waals surface area contributed by atoms with Gasteiger partial charge >= 0.3 is 0 Å². The number of hydrogen-bond acceptors (Lipinski definition) is 2. The summed E-state index contributed by atoms with van der Waals surface area (Å²) in [6.45, 7) is 4.23. The van der Waals surface area contributed by atoms with Crippen molar-refractivity contribution in [3.05, 3.63) is 12.2 Å². The van der Waals surface area contributed by atoms with Crippen LogP contribution < -0.4 is 5.32 Å². The van der Waals surface area contributed by atoms with Crippen molar-refractivity contribution < 1.29 is 9.90 Å².